The van der Waals surface area contributed by atoms with Gasteiger partial charge in [-0.1, -0.05) is 39.0 Å². The average Bonchev–Trinajstić information content (AvgIpc) is 2.17. The van der Waals surface area contributed by atoms with Crippen molar-refractivity contribution in [3.8, 4) is 0 Å². The molecule has 0 aliphatic rings. The lowest BCUT2D eigenvalue weighted by atomic mass is 10.1. The Kier molecular flexibility index (Phi) is 8.35. The van der Waals surface area contributed by atoms with Gasteiger partial charge in [0, 0.05) is 17.1 Å². The Balaban J connectivity index is 3.96. The summed E-state index contributed by atoms with van der Waals surface area (Å²) in [5.74, 6) is -0.957. The maximum atomic E-state index is 11.6. The molecule has 0 aliphatic heterocycles. The van der Waals surface area contributed by atoms with Crippen LogP contribution in [0.15, 0.2) is 0 Å². The Labute approximate surface area is 102 Å². The first kappa shape index (κ1) is 15.5. The molecule has 0 saturated carbocycles. The standard InChI is InChI=1S/C12H22O3S/c1-4-6-10(7-5-8-11(13)14)16-12(15)9(2)3/h9-10H,4-8H2,1-3H3,(H,13,14)/p-1. The van der Waals surface area contributed by atoms with Gasteiger partial charge in [-0.3, -0.25) is 4.79 Å². The van der Waals surface area contributed by atoms with Crippen molar-refractivity contribution >= 4 is 22.8 Å². The van der Waals surface area contributed by atoms with E-state index >= 15 is 0 Å². The summed E-state index contributed by atoms with van der Waals surface area (Å²) in [6.07, 6.45) is 3.47. The lowest BCUT2D eigenvalue weighted by Crippen LogP contribution is -2.22. The molecular formula is C12H21O3S-. The molecule has 4 heteroatoms. The lowest BCUT2D eigenvalue weighted by Gasteiger charge is -2.16. The van der Waals surface area contributed by atoms with Crippen LogP contribution in [0.25, 0.3) is 0 Å². The molecule has 0 saturated heterocycles. The highest BCUT2D eigenvalue weighted by Gasteiger charge is 2.16. The smallest absolute Gasteiger partial charge is 0.191 e. The van der Waals surface area contributed by atoms with Gasteiger partial charge in [-0.2, -0.15) is 0 Å². The molecule has 0 N–H and O–H groups in total. The summed E-state index contributed by atoms with van der Waals surface area (Å²) >= 11 is 1.38. The molecule has 0 fully saturated rings. The largest absolute Gasteiger partial charge is 0.550 e. The molecule has 1 atom stereocenters. The molecule has 0 amide bonds. The van der Waals surface area contributed by atoms with Gasteiger partial charge >= 0.3 is 0 Å². The molecule has 0 heterocycles. The Hall–Kier alpha value is -0.510. The molecule has 0 spiro atoms. The van der Waals surface area contributed by atoms with Crippen LogP contribution in [0, 0.1) is 5.92 Å². The molecule has 0 bridgehead atoms. The first-order valence-corrected chi connectivity index (χ1v) is 6.75. The summed E-state index contributed by atoms with van der Waals surface area (Å²) in [4.78, 5) is 21.8. The number of carboxylic acid groups (broad SMARTS) is 1. The zero-order valence-corrected chi connectivity index (χ0v) is 11.1. The Morgan fingerprint density at radius 2 is 1.88 bits per heavy atom. The van der Waals surface area contributed by atoms with E-state index in [9.17, 15) is 14.7 Å². The van der Waals surface area contributed by atoms with Crippen molar-refractivity contribution in [2.45, 2.75) is 58.1 Å². The summed E-state index contributed by atoms with van der Waals surface area (Å²) in [6.45, 7) is 5.85. The van der Waals surface area contributed by atoms with Crippen LogP contribution < -0.4 is 5.11 Å². The van der Waals surface area contributed by atoms with E-state index in [0.717, 1.165) is 19.3 Å². The van der Waals surface area contributed by atoms with Crippen LogP contribution in [-0.2, 0) is 9.59 Å². The molecule has 0 aromatic carbocycles. The fraction of sp³-hybridized carbons (Fsp3) is 0.833. The Morgan fingerprint density at radius 1 is 1.25 bits per heavy atom. The van der Waals surface area contributed by atoms with Gasteiger partial charge in [0.1, 0.15) is 0 Å². The van der Waals surface area contributed by atoms with E-state index in [4.69, 9.17) is 0 Å². The van der Waals surface area contributed by atoms with Gasteiger partial charge in [-0.15, -0.1) is 0 Å². The number of carbonyl (C=O) groups excluding carboxylic acids is 2. The molecule has 0 aromatic rings. The number of carbonyl (C=O) groups is 2. The Morgan fingerprint density at radius 3 is 2.31 bits per heavy atom. The van der Waals surface area contributed by atoms with E-state index in [1.807, 2.05) is 13.8 Å². The predicted molar refractivity (Wildman–Crippen MR) is 65.0 cm³/mol. The highest BCUT2D eigenvalue weighted by atomic mass is 32.2. The first-order chi connectivity index (χ1) is 7.47. The normalized spacial score (nSPS) is 12.8. The summed E-state index contributed by atoms with van der Waals surface area (Å²) in [6, 6.07) is 0. The molecule has 1 unspecified atom stereocenters. The zero-order chi connectivity index (χ0) is 12.6. The summed E-state index contributed by atoms with van der Waals surface area (Å²) in [5.41, 5.74) is 0. The third-order valence-electron chi connectivity index (χ3n) is 2.27. The van der Waals surface area contributed by atoms with Crippen LogP contribution >= 0.6 is 11.8 Å². The van der Waals surface area contributed by atoms with E-state index in [2.05, 4.69) is 6.92 Å². The molecule has 94 valence electrons. The van der Waals surface area contributed by atoms with Crippen LogP contribution in [0.4, 0.5) is 0 Å². The third-order valence-corrected chi connectivity index (χ3v) is 3.78. The van der Waals surface area contributed by atoms with Crippen LogP contribution in [0.2, 0.25) is 0 Å². The van der Waals surface area contributed by atoms with Crippen LogP contribution in [-0.4, -0.2) is 16.3 Å². The number of aliphatic carboxylic acids is 1. The van der Waals surface area contributed by atoms with Crippen molar-refractivity contribution in [3.05, 3.63) is 0 Å². The number of thioether (sulfide) groups is 1. The molecule has 0 aromatic heterocycles. The minimum absolute atomic E-state index is 0.0468. The van der Waals surface area contributed by atoms with Gasteiger partial charge < -0.3 is 9.90 Å². The quantitative estimate of drug-likeness (QED) is 0.656. The average molecular weight is 245 g/mol. The van der Waals surface area contributed by atoms with Gasteiger partial charge in [0.05, 0.1) is 0 Å². The topological polar surface area (TPSA) is 57.2 Å². The summed E-state index contributed by atoms with van der Waals surface area (Å²) < 4.78 is 0. The van der Waals surface area contributed by atoms with Crippen LogP contribution in [0.5, 0.6) is 0 Å². The fourth-order valence-electron chi connectivity index (χ4n) is 1.36. The summed E-state index contributed by atoms with van der Waals surface area (Å²) in [7, 11) is 0. The maximum Gasteiger partial charge on any atom is 0.191 e. The second kappa shape index (κ2) is 8.62. The van der Waals surface area contributed by atoms with E-state index in [1.54, 1.807) is 0 Å². The first-order valence-electron chi connectivity index (χ1n) is 5.87. The highest BCUT2D eigenvalue weighted by molar-refractivity contribution is 8.14. The van der Waals surface area contributed by atoms with Crippen molar-refractivity contribution in [1.29, 1.82) is 0 Å². The number of carboxylic acids is 1. The Bertz CT molecular complexity index is 226. The zero-order valence-electron chi connectivity index (χ0n) is 10.3. The third kappa shape index (κ3) is 7.74. The van der Waals surface area contributed by atoms with Gasteiger partial charge in [-0.25, -0.2) is 0 Å². The highest BCUT2D eigenvalue weighted by Crippen LogP contribution is 2.25. The monoisotopic (exact) mass is 245 g/mol. The van der Waals surface area contributed by atoms with Crippen molar-refractivity contribution in [3.63, 3.8) is 0 Å². The molecule has 3 nitrogen and oxygen atoms in total. The SMILES string of the molecule is CCCC(CCCC(=O)[O-])SC(=O)C(C)C. The van der Waals surface area contributed by atoms with Crippen molar-refractivity contribution < 1.29 is 14.7 Å². The van der Waals surface area contributed by atoms with Gasteiger partial charge in [0.25, 0.3) is 0 Å². The number of hydrogen-bond acceptors (Lipinski definition) is 4. The van der Waals surface area contributed by atoms with Crippen molar-refractivity contribution in [1.82, 2.24) is 0 Å². The molecule has 0 aliphatic carbocycles. The van der Waals surface area contributed by atoms with Gasteiger partial charge in [0.15, 0.2) is 5.12 Å². The second-order valence-electron chi connectivity index (χ2n) is 4.27. The molecule has 0 rings (SSSR count). The van der Waals surface area contributed by atoms with Gasteiger partial charge in [-0.05, 0) is 25.7 Å². The minimum Gasteiger partial charge on any atom is -0.550 e. The van der Waals surface area contributed by atoms with Crippen molar-refractivity contribution in [2.75, 3.05) is 0 Å². The summed E-state index contributed by atoms with van der Waals surface area (Å²) in [5, 5.41) is 10.7. The fourth-order valence-corrected chi connectivity index (χ4v) is 2.60. The van der Waals surface area contributed by atoms with Crippen molar-refractivity contribution in [2.24, 2.45) is 5.92 Å². The van der Waals surface area contributed by atoms with Crippen LogP contribution in [0.1, 0.15) is 52.9 Å². The van der Waals surface area contributed by atoms with E-state index < -0.39 is 5.97 Å². The van der Waals surface area contributed by atoms with Crippen LogP contribution in [0.3, 0.4) is 0 Å². The maximum absolute atomic E-state index is 11.6. The van der Waals surface area contributed by atoms with E-state index in [0.29, 0.717) is 6.42 Å². The minimum atomic E-state index is -1.00. The number of rotatable bonds is 8. The lowest BCUT2D eigenvalue weighted by molar-refractivity contribution is -0.305. The second-order valence-corrected chi connectivity index (χ2v) is 5.57. The van der Waals surface area contributed by atoms with E-state index in [1.165, 1.54) is 11.8 Å². The molecule has 0 radical (unpaired) electrons. The molecule has 16 heavy (non-hydrogen) atoms. The van der Waals surface area contributed by atoms with E-state index in [-0.39, 0.29) is 22.7 Å². The van der Waals surface area contributed by atoms with Gasteiger partial charge in [0.2, 0.25) is 0 Å². The molecular weight excluding hydrogens is 224 g/mol. The predicted octanol–water partition coefficient (Wildman–Crippen LogP) is 1.99. The number of hydrogen-bond donors (Lipinski definition) is 0.